The predicted octanol–water partition coefficient (Wildman–Crippen LogP) is 2.83. The maximum absolute atomic E-state index is 13.1. The Morgan fingerprint density at radius 1 is 0.561 bits per heavy atom. The lowest BCUT2D eigenvalue weighted by Crippen LogP contribution is -2.45. The minimum atomic E-state index is -0.672. The van der Waals surface area contributed by atoms with Crippen molar-refractivity contribution in [1.29, 1.82) is 0 Å². The van der Waals surface area contributed by atoms with Crippen LogP contribution in [-0.2, 0) is 38.1 Å². The molecule has 4 atom stereocenters. The van der Waals surface area contributed by atoms with Crippen LogP contribution in [-0.4, -0.2) is 106 Å². The Kier molecular flexibility index (Phi) is 11.0. The van der Waals surface area contributed by atoms with E-state index in [1.54, 1.807) is 51.3 Å². The third-order valence-corrected chi connectivity index (χ3v) is 6.14. The summed E-state index contributed by atoms with van der Waals surface area (Å²) in [6, 6.07) is -1.55. The van der Waals surface area contributed by atoms with Gasteiger partial charge >= 0.3 is 23.9 Å². The zero-order chi connectivity index (χ0) is 31.6. The monoisotopic (exact) mass is 583 g/mol. The number of esters is 4. The van der Waals surface area contributed by atoms with Gasteiger partial charge in [0.15, 0.2) is 0 Å². The van der Waals surface area contributed by atoms with Crippen LogP contribution >= 0.6 is 0 Å². The Bertz CT molecular complexity index is 879. The van der Waals surface area contributed by atoms with Crippen LogP contribution in [0, 0.1) is 0 Å². The molecule has 236 valence electrons. The van der Waals surface area contributed by atoms with Crippen LogP contribution in [0.4, 0.5) is 0 Å². The van der Waals surface area contributed by atoms with E-state index in [4.69, 9.17) is 18.9 Å². The molecule has 1 N–H and O–H groups in total. The van der Waals surface area contributed by atoms with E-state index in [0.717, 1.165) is 0 Å². The number of hydrogen-bond donors (Lipinski definition) is 1. The molecule has 0 aromatic heterocycles. The van der Waals surface area contributed by atoms with Crippen molar-refractivity contribution >= 4 is 23.9 Å². The lowest BCUT2D eigenvalue weighted by molar-refractivity contribution is -0.165. The maximum Gasteiger partial charge on any atom is 0.323 e. The van der Waals surface area contributed by atoms with Gasteiger partial charge in [-0.2, -0.15) is 0 Å². The molecule has 11 nitrogen and oxygen atoms in total. The number of rotatable bonds is 8. The molecular formula is C30H53N3O8. The minimum absolute atomic E-state index is 0.0463. The van der Waals surface area contributed by atoms with Crippen LogP contribution in [0.3, 0.4) is 0 Å². The van der Waals surface area contributed by atoms with Gasteiger partial charge in [0.2, 0.25) is 0 Å². The second-order valence-electron chi connectivity index (χ2n) is 15.2. The summed E-state index contributed by atoms with van der Waals surface area (Å²) < 4.78 is 22.3. The van der Waals surface area contributed by atoms with Gasteiger partial charge in [-0.05, 0) is 95.9 Å². The molecule has 2 fully saturated rings. The van der Waals surface area contributed by atoms with Gasteiger partial charge in [-0.25, -0.2) is 0 Å². The lowest BCUT2D eigenvalue weighted by Gasteiger charge is -2.27. The highest BCUT2D eigenvalue weighted by atomic mass is 16.6. The summed E-state index contributed by atoms with van der Waals surface area (Å²) in [6.45, 7) is 22.4. The first kappa shape index (κ1) is 35.0. The van der Waals surface area contributed by atoms with Crippen molar-refractivity contribution in [2.45, 2.75) is 142 Å². The fourth-order valence-corrected chi connectivity index (χ4v) is 5.04. The van der Waals surface area contributed by atoms with Crippen LogP contribution in [0.5, 0.6) is 0 Å². The molecule has 0 aliphatic carbocycles. The van der Waals surface area contributed by atoms with Gasteiger partial charge in [-0.15, -0.1) is 0 Å². The van der Waals surface area contributed by atoms with E-state index in [1.165, 1.54) is 0 Å². The Morgan fingerprint density at radius 3 is 1.12 bits per heavy atom. The first-order valence-corrected chi connectivity index (χ1v) is 14.5. The second-order valence-corrected chi connectivity index (χ2v) is 15.2. The van der Waals surface area contributed by atoms with E-state index in [-0.39, 0.29) is 25.2 Å². The van der Waals surface area contributed by atoms with Crippen LogP contribution in [0.25, 0.3) is 0 Å². The summed E-state index contributed by atoms with van der Waals surface area (Å²) in [7, 11) is 0. The van der Waals surface area contributed by atoms with Gasteiger partial charge in [0.05, 0.1) is 13.1 Å². The standard InChI is InChI=1S/C30H53N3O8/c1-27(2,3)38-23(34)17-32-15-19(13-21(32)25(36)40-29(7,8)9)31-20-14-22(26(37)41-30(10,11)12)33(16-20)18-24(35)39-28(4,5)6/h19-22,31H,13-18H2,1-12H3/t19-,20+,21-,22+. The smallest absolute Gasteiger partial charge is 0.323 e. The fraction of sp³-hybridized carbons (Fsp3) is 0.867. The summed E-state index contributed by atoms with van der Waals surface area (Å²) in [4.78, 5) is 55.1. The Hall–Kier alpha value is -2.24. The predicted molar refractivity (Wildman–Crippen MR) is 154 cm³/mol. The van der Waals surface area contributed by atoms with Crippen LogP contribution in [0.15, 0.2) is 0 Å². The number of likely N-dealkylation sites (tertiary alicyclic amines) is 2. The van der Waals surface area contributed by atoms with Gasteiger partial charge in [0, 0.05) is 25.2 Å². The van der Waals surface area contributed by atoms with E-state index in [2.05, 4.69) is 5.32 Å². The van der Waals surface area contributed by atoms with Crippen molar-refractivity contribution in [1.82, 2.24) is 15.1 Å². The summed E-state index contributed by atoms with van der Waals surface area (Å²) in [5.74, 6) is -1.62. The topological polar surface area (TPSA) is 124 Å². The third kappa shape index (κ3) is 12.7. The first-order valence-electron chi connectivity index (χ1n) is 14.5. The quantitative estimate of drug-likeness (QED) is 0.335. The number of carbonyl (C=O) groups excluding carboxylic acids is 4. The molecule has 2 aliphatic rings. The first-order chi connectivity index (χ1) is 18.4. The minimum Gasteiger partial charge on any atom is -0.459 e. The van der Waals surface area contributed by atoms with Crippen LogP contribution in [0.1, 0.15) is 95.9 Å². The fourth-order valence-electron chi connectivity index (χ4n) is 5.04. The molecule has 2 rings (SSSR count). The van der Waals surface area contributed by atoms with E-state index in [1.807, 2.05) is 41.5 Å². The number of hydrogen-bond acceptors (Lipinski definition) is 11. The molecule has 0 unspecified atom stereocenters. The average Bonchev–Trinajstić information content (AvgIpc) is 3.26. The van der Waals surface area contributed by atoms with Gasteiger partial charge in [-0.3, -0.25) is 29.0 Å². The summed E-state index contributed by atoms with van der Waals surface area (Å²) in [5.41, 5.74) is -2.63. The molecule has 11 heteroatoms. The second kappa shape index (κ2) is 13.0. The number of nitrogens with one attached hydrogen (secondary N) is 1. The zero-order valence-corrected chi connectivity index (χ0v) is 27.2. The molecule has 0 aromatic carbocycles. The van der Waals surface area contributed by atoms with E-state index < -0.39 is 58.4 Å². The molecule has 0 spiro atoms. The summed E-state index contributed by atoms with van der Waals surface area (Å²) in [6.07, 6.45) is 0.856. The number of nitrogens with zero attached hydrogens (tertiary/aromatic N) is 2. The molecule has 0 aromatic rings. The van der Waals surface area contributed by atoms with Crippen LogP contribution < -0.4 is 5.32 Å². The van der Waals surface area contributed by atoms with Gasteiger partial charge in [0.1, 0.15) is 34.5 Å². The summed E-state index contributed by atoms with van der Waals surface area (Å²) in [5, 5.41) is 3.57. The molecule has 0 radical (unpaired) electrons. The average molecular weight is 584 g/mol. The zero-order valence-electron chi connectivity index (χ0n) is 27.2. The van der Waals surface area contributed by atoms with E-state index >= 15 is 0 Å². The van der Waals surface area contributed by atoms with Crippen molar-refractivity contribution in [3.8, 4) is 0 Å². The van der Waals surface area contributed by atoms with Crippen molar-refractivity contribution in [2.24, 2.45) is 0 Å². The molecule has 0 bridgehead atoms. The third-order valence-electron chi connectivity index (χ3n) is 6.14. The molecule has 2 aliphatic heterocycles. The highest BCUT2D eigenvalue weighted by Crippen LogP contribution is 2.26. The van der Waals surface area contributed by atoms with Gasteiger partial charge in [0.25, 0.3) is 0 Å². The maximum atomic E-state index is 13.1. The molecule has 0 saturated carbocycles. The van der Waals surface area contributed by atoms with Crippen molar-refractivity contribution < 1.29 is 38.1 Å². The van der Waals surface area contributed by atoms with Gasteiger partial charge in [-0.1, -0.05) is 0 Å². The molecule has 2 saturated heterocycles. The van der Waals surface area contributed by atoms with Gasteiger partial charge < -0.3 is 24.3 Å². The largest absolute Gasteiger partial charge is 0.459 e. The molecular weight excluding hydrogens is 530 g/mol. The summed E-state index contributed by atoms with van der Waals surface area (Å²) >= 11 is 0. The Morgan fingerprint density at radius 2 is 0.854 bits per heavy atom. The van der Waals surface area contributed by atoms with Crippen molar-refractivity contribution in [2.75, 3.05) is 26.2 Å². The Balaban J connectivity index is 2.18. The molecule has 41 heavy (non-hydrogen) atoms. The SMILES string of the molecule is CC(C)(C)OC(=O)CN1C[C@H](N[C@H]2C[C@@H](C(=O)OC(C)(C)C)N(CC(=O)OC(C)(C)C)C2)C[C@@H]1C(=O)OC(C)(C)C. The van der Waals surface area contributed by atoms with Crippen molar-refractivity contribution in [3.05, 3.63) is 0 Å². The normalized spacial score (nSPS) is 24.7. The lowest BCUT2D eigenvalue weighted by atomic mass is 10.1. The van der Waals surface area contributed by atoms with E-state index in [9.17, 15) is 19.2 Å². The van der Waals surface area contributed by atoms with E-state index in [0.29, 0.717) is 25.9 Å². The van der Waals surface area contributed by atoms with Crippen molar-refractivity contribution in [3.63, 3.8) is 0 Å². The molecule has 2 heterocycles. The number of ether oxygens (including phenoxy) is 4. The molecule has 0 amide bonds. The van der Waals surface area contributed by atoms with Crippen LogP contribution in [0.2, 0.25) is 0 Å². The number of carbonyl (C=O) groups is 4. The Labute approximate surface area is 245 Å². The highest BCUT2D eigenvalue weighted by molar-refractivity contribution is 5.79. The highest BCUT2D eigenvalue weighted by Gasteiger charge is 2.45.